The lowest BCUT2D eigenvalue weighted by Crippen LogP contribution is -2.18. The van der Waals surface area contributed by atoms with E-state index >= 15 is 0 Å². The number of aryl methyl sites for hydroxylation is 2. The summed E-state index contributed by atoms with van der Waals surface area (Å²) < 4.78 is 5.07. The molecule has 3 heteroatoms. The van der Waals surface area contributed by atoms with Crippen LogP contribution in [0.1, 0.15) is 16.7 Å². The molecule has 1 N–H and O–H groups in total. The minimum absolute atomic E-state index is 0.742. The van der Waals surface area contributed by atoms with E-state index in [0.29, 0.717) is 0 Å². The van der Waals surface area contributed by atoms with Crippen LogP contribution < -0.4 is 5.32 Å². The number of ether oxygens (including phenoxy) is 1. The van der Waals surface area contributed by atoms with Gasteiger partial charge in [0, 0.05) is 30.0 Å². The molecule has 0 unspecified atom stereocenters. The van der Waals surface area contributed by atoms with Gasteiger partial charge >= 0.3 is 0 Å². The maximum atomic E-state index is 5.07. The van der Waals surface area contributed by atoms with Crippen molar-refractivity contribution in [2.45, 2.75) is 30.2 Å². The summed E-state index contributed by atoms with van der Waals surface area (Å²) in [6.07, 6.45) is 0. The van der Waals surface area contributed by atoms with Crippen LogP contribution in [0.4, 0.5) is 0 Å². The molecule has 2 nitrogen and oxygen atoms in total. The number of hydrogen-bond acceptors (Lipinski definition) is 3. The highest BCUT2D eigenvalue weighted by atomic mass is 32.2. The Morgan fingerprint density at radius 2 is 1.86 bits per heavy atom. The molecule has 0 amide bonds. The average molecular weight is 301 g/mol. The van der Waals surface area contributed by atoms with Crippen LogP contribution in [0.3, 0.4) is 0 Å². The minimum Gasteiger partial charge on any atom is -0.383 e. The van der Waals surface area contributed by atoms with Gasteiger partial charge in [-0.2, -0.15) is 0 Å². The van der Waals surface area contributed by atoms with Gasteiger partial charge in [0.25, 0.3) is 0 Å². The summed E-state index contributed by atoms with van der Waals surface area (Å²) in [4.78, 5) is 2.65. The molecule has 0 aliphatic heterocycles. The first-order valence-electron chi connectivity index (χ1n) is 7.23. The molecule has 0 heterocycles. The Morgan fingerprint density at radius 3 is 2.67 bits per heavy atom. The number of rotatable bonds is 7. The average Bonchev–Trinajstić information content (AvgIpc) is 2.49. The molecular formula is C18H23NOS. The standard InChI is InChI=1S/C18H23NOS/c1-14-8-9-15(2)18(12-14)21-17-7-5-4-6-16(17)13-19-10-11-20-3/h4-9,12,19H,10-11,13H2,1-3H3. The zero-order chi connectivity index (χ0) is 15.1. The highest BCUT2D eigenvalue weighted by Crippen LogP contribution is 2.33. The highest BCUT2D eigenvalue weighted by molar-refractivity contribution is 7.99. The van der Waals surface area contributed by atoms with Crippen molar-refractivity contribution in [2.24, 2.45) is 0 Å². The molecule has 0 saturated heterocycles. The van der Waals surface area contributed by atoms with Crippen molar-refractivity contribution in [3.8, 4) is 0 Å². The molecule has 0 aliphatic carbocycles. The molecule has 0 fully saturated rings. The van der Waals surface area contributed by atoms with Crippen molar-refractivity contribution >= 4 is 11.8 Å². The van der Waals surface area contributed by atoms with Crippen LogP contribution in [0, 0.1) is 13.8 Å². The topological polar surface area (TPSA) is 21.3 Å². The summed E-state index contributed by atoms with van der Waals surface area (Å²) >= 11 is 1.85. The number of benzene rings is 2. The lowest BCUT2D eigenvalue weighted by molar-refractivity contribution is 0.199. The first-order valence-corrected chi connectivity index (χ1v) is 8.05. The molecule has 0 atom stereocenters. The Kier molecular flexibility index (Phi) is 6.30. The predicted molar refractivity (Wildman–Crippen MR) is 90.1 cm³/mol. The first-order chi connectivity index (χ1) is 10.2. The lowest BCUT2D eigenvalue weighted by Gasteiger charge is -2.12. The van der Waals surface area contributed by atoms with E-state index in [0.717, 1.165) is 19.7 Å². The first kappa shape index (κ1) is 16.1. The molecule has 0 aliphatic rings. The van der Waals surface area contributed by atoms with Gasteiger partial charge in [0.1, 0.15) is 0 Å². The molecule has 2 aromatic rings. The van der Waals surface area contributed by atoms with Crippen molar-refractivity contribution < 1.29 is 4.74 Å². The van der Waals surface area contributed by atoms with E-state index < -0.39 is 0 Å². The summed E-state index contributed by atoms with van der Waals surface area (Å²) in [7, 11) is 1.73. The molecule has 0 bridgehead atoms. The van der Waals surface area contributed by atoms with Crippen molar-refractivity contribution in [1.29, 1.82) is 0 Å². The number of nitrogens with one attached hydrogen (secondary N) is 1. The normalized spacial score (nSPS) is 10.8. The summed E-state index contributed by atoms with van der Waals surface area (Å²) in [5.41, 5.74) is 3.96. The summed E-state index contributed by atoms with van der Waals surface area (Å²) in [6.45, 7) is 6.80. The molecule has 0 spiro atoms. The maximum Gasteiger partial charge on any atom is 0.0587 e. The second-order valence-electron chi connectivity index (χ2n) is 5.15. The van der Waals surface area contributed by atoms with Gasteiger partial charge in [0.2, 0.25) is 0 Å². The highest BCUT2D eigenvalue weighted by Gasteiger charge is 2.06. The zero-order valence-corrected chi connectivity index (χ0v) is 13.8. The fraction of sp³-hybridized carbons (Fsp3) is 0.333. The lowest BCUT2D eigenvalue weighted by atomic mass is 10.2. The van der Waals surface area contributed by atoms with Crippen molar-refractivity contribution in [2.75, 3.05) is 20.3 Å². The van der Waals surface area contributed by atoms with Crippen LogP contribution in [0.15, 0.2) is 52.3 Å². The van der Waals surface area contributed by atoms with Gasteiger partial charge < -0.3 is 10.1 Å². The Bertz CT molecular complexity index is 583. The van der Waals surface area contributed by atoms with Crippen molar-refractivity contribution in [1.82, 2.24) is 5.32 Å². The molecule has 0 saturated carbocycles. The van der Waals surface area contributed by atoms with Gasteiger partial charge in [-0.1, -0.05) is 42.1 Å². The van der Waals surface area contributed by atoms with E-state index in [-0.39, 0.29) is 0 Å². The summed E-state index contributed by atoms with van der Waals surface area (Å²) in [6, 6.07) is 15.2. The van der Waals surface area contributed by atoms with Crippen LogP contribution in [0.5, 0.6) is 0 Å². The van der Waals surface area contributed by atoms with E-state index in [2.05, 4.69) is 61.6 Å². The number of methoxy groups -OCH3 is 1. The second-order valence-corrected chi connectivity index (χ2v) is 6.23. The zero-order valence-electron chi connectivity index (χ0n) is 13.0. The van der Waals surface area contributed by atoms with Gasteiger partial charge in [-0.15, -0.1) is 0 Å². The van der Waals surface area contributed by atoms with Crippen LogP contribution in [0.2, 0.25) is 0 Å². The third-order valence-electron chi connectivity index (χ3n) is 3.33. The monoisotopic (exact) mass is 301 g/mol. The molecule has 0 aromatic heterocycles. The van der Waals surface area contributed by atoms with Crippen molar-refractivity contribution in [3.63, 3.8) is 0 Å². The van der Waals surface area contributed by atoms with Crippen LogP contribution >= 0.6 is 11.8 Å². The SMILES string of the molecule is COCCNCc1ccccc1Sc1cc(C)ccc1C. The van der Waals surface area contributed by atoms with Crippen molar-refractivity contribution in [3.05, 3.63) is 59.2 Å². The van der Waals surface area contributed by atoms with E-state index in [4.69, 9.17) is 4.74 Å². The summed E-state index contributed by atoms with van der Waals surface area (Å²) in [5.74, 6) is 0. The fourth-order valence-corrected chi connectivity index (χ4v) is 3.21. The Morgan fingerprint density at radius 1 is 1.05 bits per heavy atom. The van der Waals surface area contributed by atoms with E-state index in [1.807, 2.05) is 11.8 Å². The van der Waals surface area contributed by atoms with Gasteiger partial charge in [0.05, 0.1) is 6.61 Å². The third-order valence-corrected chi connectivity index (χ3v) is 4.61. The molecule has 21 heavy (non-hydrogen) atoms. The van der Waals surface area contributed by atoms with Gasteiger partial charge in [0.15, 0.2) is 0 Å². The molecular weight excluding hydrogens is 278 g/mol. The Hall–Kier alpha value is -1.29. The van der Waals surface area contributed by atoms with E-state index in [9.17, 15) is 0 Å². The van der Waals surface area contributed by atoms with Gasteiger partial charge in [-0.25, -0.2) is 0 Å². The molecule has 0 radical (unpaired) electrons. The summed E-state index contributed by atoms with van der Waals surface area (Å²) in [5, 5.41) is 3.42. The van der Waals surface area contributed by atoms with Gasteiger partial charge in [-0.3, -0.25) is 0 Å². The largest absolute Gasteiger partial charge is 0.383 e. The van der Waals surface area contributed by atoms with E-state index in [1.165, 1.54) is 26.5 Å². The smallest absolute Gasteiger partial charge is 0.0587 e. The fourth-order valence-electron chi connectivity index (χ4n) is 2.08. The maximum absolute atomic E-state index is 5.07. The Labute approximate surface area is 131 Å². The van der Waals surface area contributed by atoms with Crippen LogP contribution in [-0.2, 0) is 11.3 Å². The van der Waals surface area contributed by atoms with E-state index in [1.54, 1.807) is 7.11 Å². The van der Waals surface area contributed by atoms with Crippen LogP contribution in [-0.4, -0.2) is 20.3 Å². The molecule has 112 valence electrons. The quantitative estimate of drug-likeness (QED) is 0.775. The molecule has 2 aromatic carbocycles. The third kappa shape index (κ3) is 4.88. The minimum atomic E-state index is 0.742. The second kappa shape index (κ2) is 8.23. The Balaban J connectivity index is 2.10. The predicted octanol–water partition coefficient (Wildman–Crippen LogP) is 4.19. The molecule has 2 rings (SSSR count). The van der Waals surface area contributed by atoms with Gasteiger partial charge in [-0.05, 0) is 42.7 Å². The number of hydrogen-bond donors (Lipinski definition) is 1. The van der Waals surface area contributed by atoms with Crippen LogP contribution in [0.25, 0.3) is 0 Å².